The van der Waals surface area contributed by atoms with Crippen molar-refractivity contribution in [3.63, 3.8) is 0 Å². The predicted octanol–water partition coefficient (Wildman–Crippen LogP) is 3.21. The highest BCUT2D eigenvalue weighted by atomic mass is 16.5. The predicted molar refractivity (Wildman–Crippen MR) is 73.3 cm³/mol. The number of rotatable bonds is 6. The maximum absolute atomic E-state index is 5.66. The maximum Gasteiger partial charge on any atom is 0.0750 e. The summed E-state index contributed by atoms with van der Waals surface area (Å²) in [6.45, 7) is 13.1. The van der Waals surface area contributed by atoms with Crippen LogP contribution >= 0.6 is 0 Å². The van der Waals surface area contributed by atoms with Gasteiger partial charge in [0.1, 0.15) is 0 Å². The molecule has 0 spiro atoms. The van der Waals surface area contributed by atoms with Crippen LogP contribution in [0.5, 0.6) is 0 Å². The molecular weight excluding hydrogens is 210 g/mol. The Kier molecular flexibility index (Phi) is 5.16. The fourth-order valence-electron chi connectivity index (χ4n) is 1.93. The van der Waals surface area contributed by atoms with Crippen molar-refractivity contribution in [1.29, 1.82) is 0 Å². The molecule has 96 valence electrons. The topological polar surface area (TPSA) is 21.3 Å². The summed E-state index contributed by atoms with van der Waals surface area (Å²) in [5.74, 6) is 0. The van der Waals surface area contributed by atoms with E-state index in [1.54, 1.807) is 0 Å². The van der Waals surface area contributed by atoms with Gasteiger partial charge in [0.15, 0.2) is 0 Å². The van der Waals surface area contributed by atoms with Gasteiger partial charge in [-0.2, -0.15) is 0 Å². The Balaban J connectivity index is 2.48. The SMILES string of the molecule is CCOC(C)(C)CNCc1cc(C)ccc1C. The highest BCUT2D eigenvalue weighted by molar-refractivity contribution is 5.30. The zero-order chi connectivity index (χ0) is 12.9. The second-order valence-electron chi connectivity index (χ2n) is 5.23. The molecule has 0 saturated heterocycles. The van der Waals surface area contributed by atoms with Gasteiger partial charge in [0.2, 0.25) is 0 Å². The van der Waals surface area contributed by atoms with E-state index in [9.17, 15) is 0 Å². The standard InChI is InChI=1S/C15H25NO/c1-6-17-15(4,5)11-16-10-14-9-12(2)7-8-13(14)3/h7-9,16H,6,10-11H2,1-5H3. The van der Waals surface area contributed by atoms with Crippen molar-refractivity contribution in [2.24, 2.45) is 0 Å². The van der Waals surface area contributed by atoms with Crippen LogP contribution in [-0.4, -0.2) is 18.8 Å². The molecule has 0 aromatic heterocycles. The largest absolute Gasteiger partial charge is 0.375 e. The summed E-state index contributed by atoms with van der Waals surface area (Å²) in [6, 6.07) is 6.58. The molecule has 0 atom stereocenters. The molecule has 1 aromatic rings. The Hall–Kier alpha value is -0.860. The van der Waals surface area contributed by atoms with Crippen molar-refractivity contribution < 1.29 is 4.74 Å². The van der Waals surface area contributed by atoms with Crippen molar-refractivity contribution in [1.82, 2.24) is 5.32 Å². The van der Waals surface area contributed by atoms with Gasteiger partial charge in [-0.25, -0.2) is 0 Å². The molecule has 17 heavy (non-hydrogen) atoms. The summed E-state index contributed by atoms with van der Waals surface area (Å²) in [7, 11) is 0. The van der Waals surface area contributed by atoms with Gasteiger partial charge < -0.3 is 10.1 Å². The molecular formula is C15H25NO. The van der Waals surface area contributed by atoms with Crippen LogP contribution in [0.4, 0.5) is 0 Å². The summed E-state index contributed by atoms with van der Waals surface area (Å²) in [5.41, 5.74) is 3.94. The first kappa shape index (κ1) is 14.2. The van der Waals surface area contributed by atoms with E-state index in [1.165, 1.54) is 16.7 Å². The zero-order valence-corrected chi connectivity index (χ0v) is 11.8. The van der Waals surface area contributed by atoms with E-state index >= 15 is 0 Å². The molecule has 1 aromatic carbocycles. The highest BCUT2D eigenvalue weighted by Crippen LogP contribution is 2.11. The van der Waals surface area contributed by atoms with Crippen molar-refractivity contribution >= 4 is 0 Å². The van der Waals surface area contributed by atoms with Crippen molar-refractivity contribution in [2.75, 3.05) is 13.2 Å². The average molecular weight is 235 g/mol. The van der Waals surface area contributed by atoms with Crippen LogP contribution in [-0.2, 0) is 11.3 Å². The van der Waals surface area contributed by atoms with Crippen LogP contribution in [0.3, 0.4) is 0 Å². The van der Waals surface area contributed by atoms with E-state index in [0.29, 0.717) is 0 Å². The number of ether oxygens (including phenoxy) is 1. The molecule has 0 heterocycles. The van der Waals surface area contributed by atoms with Gasteiger partial charge in [0.25, 0.3) is 0 Å². The average Bonchev–Trinajstić information content (AvgIpc) is 2.23. The Morgan fingerprint density at radius 2 is 1.94 bits per heavy atom. The van der Waals surface area contributed by atoms with Gasteiger partial charge in [-0.05, 0) is 45.7 Å². The van der Waals surface area contributed by atoms with E-state index in [2.05, 4.69) is 51.2 Å². The van der Waals surface area contributed by atoms with E-state index in [1.807, 2.05) is 6.92 Å². The molecule has 0 unspecified atom stereocenters. The van der Waals surface area contributed by atoms with Crippen molar-refractivity contribution in [3.05, 3.63) is 34.9 Å². The molecule has 1 N–H and O–H groups in total. The maximum atomic E-state index is 5.66. The van der Waals surface area contributed by atoms with Gasteiger partial charge in [-0.1, -0.05) is 23.8 Å². The van der Waals surface area contributed by atoms with E-state index in [4.69, 9.17) is 4.74 Å². The number of hydrogen-bond acceptors (Lipinski definition) is 2. The third-order valence-electron chi connectivity index (χ3n) is 2.91. The lowest BCUT2D eigenvalue weighted by molar-refractivity contribution is -0.00898. The Morgan fingerprint density at radius 1 is 1.24 bits per heavy atom. The first-order chi connectivity index (χ1) is 7.94. The van der Waals surface area contributed by atoms with Crippen LogP contribution in [0, 0.1) is 13.8 Å². The third-order valence-corrected chi connectivity index (χ3v) is 2.91. The minimum absolute atomic E-state index is 0.0908. The second kappa shape index (κ2) is 6.18. The number of benzene rings is 1. The Morgan fingerprint density at radius 3 is 2.59 bits per heavy atom. The fourth-order valence-corrected chi connectivity index (χ4v) is 1.93. The first-order valence-electron chi connectivity index (χ1n) is 6.35. The third kappa shape index (κ3) is 4.88. The summed E-state index contributed by atoms with van der Waals surface area (Å²) in [5, 5.41) is 3.47. The lowest BCUT2D eigenvalue weighted by atomic mass is 10.1. The van der Waals surface area contributed by atoms with Crippen LogP contribution in [0.1, 0.15) is 37.5 Å². The molecule has 0 fully saturated rings. The molecule has 0 radical (unpaired) electrons. The number of hydrogen-bond donors (Lipinski definition) is 1. The lowest BCUT2D eigenvalue weighted by Gasteiger charge is -2.25. The van der Waals surface area contributed by atoms with Gasteiger partial charge in [0, 0.05) is 19.7 Å². The van der Waals surface area contributed by atoms with Crippen molar-refractivity contribution in [3.8, 4) is 0 Å². The van der Waals surface area contributed by atoms with Crippen LogP contribution in [0.2, 0.25) is 0 Å². The molecule has 0 bridgehead atoms. The summed E-state index contributed by atoms with van der Waals surface area (Å²) >= 11 is 0. The zero-order valence-electron chi connectivity index (χ0n) is 11.8. The Bertz CT molecular complexity index is 358. The molecule has 0 aliphatic rings. The van der Waals surface area contributed by atoms with Crippen LogP contribution in [0.25, 0.3) is 0 Å². The quantitative estimate of drug-likeness (QED) is 0.817. The minimum Gasteiger partial charge on any atom is -0.375 e. The molecule has 0 aliphatic heterocycles. The summed E-state index contributed by atoms with van der Waals surface area (Å²) in [4.78, 5) is 0. The summed E-state index contributed by atoms with van der Waals surface area (Å²) < 4.78 is 5.66. The van der Waals surface area contributed by atoms with E-state index in [0.717, 1.165) is 19.7 Å². The van der Waals surface area contributed by atoms with Gasteiger partial charge in [0.05, 0.1) is 5.60 Å². The molecule has 0 aliphatic carbocycles. The minimum atomic E-state index is -0.0908. The lowest BCUT2D eigenvalue weighted by Crippen LogP contribution is -2.37. The second-order valence-corrected chi connectivity index (χ2v) is 5.23. The Labute approximate surface area is 105 Å². The van der Waals surface area contributed by atoms with E-state index < -0.39 is 0 Å². The summed E-state index contributed by atoms with van der Waals surface area (Å²) in [6.07, 6.45) is 0. The molecule has 1 rings (SSSR count). The smallest absolute Gasteiger partial charge is 0.0750 e. The van der Waals surface area contributed by atoms with Crippen LogP contribution in [0.15, 0.2) is 18.2 Å². The molecule has 0 saturated carbocycles. The highest BCUT2D eigenvalue weighted by Gasteiger charge is 2.16. The van der Waals surface area contributed by atoms with E-state index in [-0.39, 0.29) is 5.60 Å². The number of nitrogens with one attached hydrogen (secondary N) is 1. The molecule has 2 nitrogen and oxygen atoms in total. The monoisotopic (exact) mass is 235 g/mol. The van der Waals surface area contributed by atoms with Crippen molar-refractivity contribution in [2.45, 2.75) is 46.8 Å². The van der Waals surface area contributed by atoms with Gasteiger partial charge in [-0.3, -0.25) is 0 Å². The molecule has 2 heteroatoms. The van der Waals surface area contributed by atoms with Gasteiger partial charge in [-0.15, -0.1) is 0 Å². The van der Waals surface area contributed by atoms with Gasteiger partial charge >= 0.3 is 0 Å². The first-order valence-corrected chi connectivity index (χ1v) is 6.35. The van der Waals surface area contributed by atoms with Crippen LogP contribution < -0.4 is 5.32 Å². The number of aryl methyl sites for hydroxylation is 2. The molecule has 0 amide bonds. The fraction of sp³-hybridized carbons (Fsp3) is 0.600. The normalized spacial score (nSPS) is 11.8.